The van der Waals surface area contributed by atoms with Crippen molar-refractivity contribution in [2.24, 2.45) is 0 Å². The Bertz CT molecular complexity index is 823. The predicted molar refractivity (Wildman–Crippen MR) is 95.8 cm³/mol. The van der Waals surface area contributed by atoms with Crippen LogP contribution in [-0.4, -0.2) is 36.9 Å². The average molecular weight is 397 g/mol. The minimum absolute atomic E-state index is 0.129. The van der Waals surface area contributed by atoms with Crippen molar-refractivity contribution in [3.63, 3.8) is 0 Å². The number of likely N-dealkylation sites (N-methyl/N-ethyl adjacent to an activating group) is 1. The molecule has 0 aromatic heterocycles. The summed E-state index contributed by atoms with van der Waals surface area (Å²) in [5.74, 6) is -1.44. The number of amides is 2. The Balaban J connectivity index is 1.82. The molecule has 0 bridgehead atoms. The lowest BCUT2D eigenvalue weighted by molar-refractivity contribution is -0.137. The van der Waals surface area contributed by atoms with Gasteiger partial charge in [-0.05, 0) is 36.9 Å². The first-order valence-corrected chi connectivity index (χ1v) is 8.31. The molecule has 0 saturated heterocycles. The number of hydrogen-bond donors (Lipinski definition) is 2. The van der Waals surface area contributed by atoms with Crippen molar-refractivity contribution in [1.82, 2.24) is 10.2 Å². The number of alkyl halides is 3. The Kier molecular flexibility index (Phi) is 7.11. The summed E-state index contributed by atoms with van der Waals surface area (Å²) >= 11 is 0. The molecule has 150 valence electrons. The molecule has 5 nitrogen and oxygen atoms in total. The van der Waals surface area contributed by atoms with Gasteiger partial charge in [-0.25, -0.2) is 4.39 Å². The summed E-state index contributed by atoms with van der Waals surface area (Å²) < 4.78 is 51.7. The molecule has 0 aliphatic carbocycles. The van der Waals surface area contributed by atoms with E-state index in [4.69, 9.17) is 0 Å². The van der Waals surface area contributed by atoms with Crippen LogP contribution in [0.5, 0.6) is 0 Å². The number of anilines is 1. The van der Waals surface area contributed by atoms with Crippen LogP contribution >= 0.6 is 0 Å². The third-order valence-electron chi connectivity index (χ3n) is 3.74. The maximum absolute atomic E-state index is 12.9. The zero-order valence-electron chi connectivity index (χ0n) is 15.0. The molecule has 0 saturated carbocycles. The number of halogens is 4. The Morgan fingerprint density at radius 1 is 0.964 bits per heavy atom. The monoisotopic (exact) mass is 397 g/mol. The van der Waals surface area contributed by atoms with Crippen LogP contribution in [0.3, 0.4) is 0 Å². The van der Waals surface area contributed by atoms with Gasteiger partial charge in [0.05, 0.1) is 24.3 Å². The lowest BCUT2D eigenvalue weighted by Gasteiger charge is -2.17. The van der Waals surface area contributed by atoms with Crippen molar-refractivity contribution in [2.45, 2.75) is 12.7 Å². The Morgan fingerprint density at radius 2 is 1.57 bits per heavy atom. The number of carbonyl (C=O) groups is 2. The van der Waals surface area contributed by atoms with Gasteiger partial charge in [0.2, 0.25) is 11.8 Å². The highest BCUT2D eigenvalue weighted by molar-refractivity contribution is 5.93. The molecule has 0 atom stereocenters. The minimum atomic E-state index is -4.59. The van der Waals surface area contributed by atoms with Crippen LogP contribution in [0.1, 0.15) is 11.1 Å². The summed E-state index contributed by atoms with van der Waals surface area (Å²) in [4.78, 5) is 25.3. The van der Waals surface area contributed by atoms with E-state index in [0.717, 1.165) is 12.1 Å². The molecule has 0 heterocycles. The highest BCUT2D eigenvalue weighted by Gasteiger charge is 2.33. The summed E-state index contributed by atoms with van der Waals surface area (Å²) in [5, 5.41) is 4.83. The molecule has 0 radical (unpaired) electrons. The number of para-hydroxylation sites is 1. The van der Waals surface area contributed by atoms with E-state index in [-0.39, 0.29) is 37.0 Å². The fourth-order valence-corrected chi connectivity index (χ4v) is 2.43. The van der Waals surface area contributed by atoms with Gasteiger partial charge in [-0.1, -0.05) is 24.3 Å². The van der Waals surface area contributed by atoms with Gasteiger partial charge in [-0.15, -0.1) is 0 Å². The first-order valence-electron chi connectivity index (χ1n) is 8.31. The molecule has 0 aliphatic heterocycles. The van der Waals surface area contributed by atoms with Crippen LogP contribution in [0.2, 0.25) is 0 Å². The Hall–Kier alpha value is -2.94. The number of nitrogens with zero attached hydrogens (tertiary/aromatic N) is 1. The molecule has 0 aliphatic rings. The molecule has 2 aromatic rings. The summed E-state index contributed by atoms with van der Waals surface area (Å²) in [6, 6.07) is 10.3. The summed E-state index contributed by atoms with van der Waals surface area (Å²) in [7, 11) is 1.49. The van der Waals surface area contributed by atoms with E-state index < -0.39 is 17.6 Å². The maximum atomic E-state index is 12.9. The maximum Gasteiger partial charge on any atom is 0.418 e. The lowest BCUT2D eigenvalue weighted by Crippen LogP contribution is -2.38. The molecule has 2 amide bonds. The summed E-state index contributed by atoms with van der Waals surface area (Å²) in [5.41, 5.74) is -0.573. The van der Waals surface area contributed by atoms with Crippen LogP contribution in [-0.2, 0) is 22.3 Å². The lowest BCUT2D eigenvalue weighted by atomic mass is 10.1. The standard InChI is InChI=1S/C19H19F4N3O2/c1-26(11-17(27)24-10-13-6-8-14(20)9-7-13)12-18(28)25-16-5-3-2-4-15(16)19(21,22)23/h2-9H,10-12H2,1H3,(H,24,27)(H,25,28). The normalized spacial score (nSPS) is 11.4. The van der Waals surface area contributed by atoms with Crippen molar-refractivity contribution >= 4 is 17.5 Å². The zero-order chi connectivity index (χ0) is 20.7. The number of carbonyl (C=O) groups excluding carboxylic acids is 2. The number of benzene rings is 2. The third kappa shape index (κ3) is 6.66. The highest BCUT2D eigenvalue weighted by atomic mass is 19.4. The molecule has 0 unspecified atom stereocenters. The van der Waals surface area contributed by atoms with E-state index in [9.17, 15) is 27.2 Å². The van der Waals surface area contributed by atoms with Gasteiger partial charge in [-0.3, -0.25) is 14.5 Å². The van der Waals surface area contributed by atoms with Crippen molar-refractivity contribution in [3.05, 3.63) is 65.5 Å². The van der Waals surface area contributed by atoms with Gasteiger partial charge in [0, 0.05) is 6.54 Å². The van der Waals surface area contributed by atoms with Gasteiger partial charge in [0.15, 0.2) is 0 Å². The molecule has 28 heavy (non-hydrogen) atoms. The number of hydrogen-bond acceptors (Lipinski definition) is 3. The number of nitrogens with one attached hydrogen (secondary N) is 2. The van der Waals surface area contributed by atoms with Gasteiger partial charge in [0.25, 0.3) is 0 Å². The van der Waals surface area contributed by atoms with Crippen molar-refractivity contribution in [1.29, 1.82) is 0 Å². The van der Waals surface area contributed by atoms with E-state index >= 15 is 0 Å². The summed E-state index contributed by atoms with van der Waals surface area (Å²) in [6.07, 6.45) is -4.59. The van der Waals surface area contributed by atoms with E-state index in [1.807, 2.05) is 0 Å². The largest absolute Gasteiger partial charge is 0.418 e. The quantitative estimate of drug-likeness (QED) is 0.706. The Labute approximate surface area is 159 Å². The smallest absolute Gasteiger partial charge is 0.351 e. The van der Waals surface area contributed by atoms with Crippen LogP contribution in [0.15, 0.2) is 48.5 Å². The second-order valence-electron chi connectivity index (χ2n) is 6.17. The zero-order valence-corrected chi connectivity index (χ0v) is 15.0. The molecule has 2 N–H and O–H groups in total. The first-order chi connectivity index (χ1) is 13.1. The molecule has 0 spiro atoms. The van der Waals surface area contributed by atoms with E-state index in [1.165, 1.54) is 48.3 Å². The van der Waals surface area contributed by atoms with Gasteiger partial charge in [0.1, 0.15) is 5.82 Å². The van der Waals surface area contributed by atoms with Crippen LogP contribution in [0.4, 0.5) is 23.2 Å². The summed E-state index contributed by atoms with van der Waals surface area (Å²) in [6.45, 7) is -0.205. The van der Waals surface area contributed by atoms with E-state index in [1.54, 1.807) is 0 Å². The molecule has 9 heteroatoms. The van der Waals surface area contributed by atoms with Crippen molar-refractivity contribution < 1.29 is 27.2 Å². The minimum Gasteiger partial charge on any atom is -0.351 e. The SMILES string of the molecule is CN(CC(=O)NCc1ccc(F)cc1)CC(=O)Nc1ccccc1C(F)(F)F. The third-order valence-corrected chi connectivity index (χ3v) is 3.74. The van der Waals surface area contributed by atoms with E-state index in [0.29, 0.717) is 5.56 Å². The highest BCUT2D eigenvalue weighted by Crippen LogP contribution is 2.34. The molecule has 2 rings (SSSR count). The molecule has 2 aromatic carbocycles. The van der Waals surface area contributed by atoms with Crippen LogP contribution in [0.25, 0.3) is 0 Å². The fraction of sp³-hybridized carbons (Fsp3) is 0.263. The van der Waals surface area contributed by atoms with Crippen molar-refractivity contribution in [2.75, 3.05) is 25.5 Å². The molecular weight excluding hydrogens is 378 g/mol. The van der Waals surface area contributed by atoms with Gasteiger partial charge in [-0.2, -0.15) is 13.2 Å². The van der Waals surface area contributed by atoms with Gasteiger partial charge >= 0.3 is 6.18 Å². The predicted octanol–water partition coefficient (Wildman–Crippen LogP) is 3.03. The fourth-order valence-electron chi connectivity index (χ4n) is 2.43. The topological polar surface area (TPSA) is 61.4 Å². The second-order valence-corrected chi connectivity index (χ2v) is 6.17. The Morgan fingerprint density at radius 3 is 2.21 bits per heavy atom. The average Bonchev–Trinajstić information content (AvgIpc) is 2.60. The van der Waals surface area contributed by atoms with E-state index in [2.05, 4.69) is 10.6 Å². The molecule has 0 fully saturated rings. The van der Waals surface area contributed by atoms with Gasteiger partial charge < -0.3 is 10.6 Å². The molecular formula is C19H19F4N3O2. The number of rotatable bonds is 7. The second kappa shape index (κ2) is 9.32. The van der Waals surface area contributed by atoms with Crippen molar-refractivity contribution in [3.8, 4) is 0 Å². The van der Waals surface area contributed by atoms with Crippen LogP contribution in [0, 0.1) is 5.82 Å². The van der Waals surface area contributed by atoms with Crippen LogP contribution < -0.4 is 10.6 Å². The first kappa shape index (κ1) is 21.4.